The lowest BCUT2D eigenvalue weighted by Gasteiger charge is -2.26. The number of allylic oxidation sites excluding steroid dienone is 2. The van der Waals surface area contributed by atoms with Crippen molar-refractivity contribution >= 4 is 0 Å². The number of fused-ring (bicyclic) bond motifs is 2. The number of nitrogens with zero attached hydrogens (tertiary/aromatic N) is 3. The van der Waals surface area contributed by atoms with Crippen LogP contribution in [-0.2, 0) is 15.9 Å². The van der Waals surface area contributed by atoms with E-state index >= 15 is 0 Å². The molecule has 6 heteroatoms. The van der Waals surface area contributed by atoms with Gasteiger partial charge < -0.3 is 9.47 Å². The molecule has 6 nitrogen and oxygen atoms in total. The van der Waals surface area contributed by atoms with Crippen molar-refractivity contribution < 1.29 is 9.47 Å². The third-order valence-corrected chi connectivity index (χ3v) is 4.68. The Hall–Kier alpha value is -1.27. The molecule has 2 aliphatic heterocycles. The number of rotatable bonds is 8. The third kappa shape index (κ3) is 3.49. The van der Waals surface area contributed by atoms with E-state index in [0.717, 1.165) is 38.1 Å². The lowest BCUT2D eigenvalue weighted by Crippen LogP contribution is -2.30. The summed E-state index contributed by atoms with van der Waals surface area (Å²) >= 11 is 0. The number of aromatic nitrogens is 4. The average molecular weight is 292 g/mol. The molecule has 1 aromatic rings. The number of ether oxygens (including phenoxy) is 2. The Bertz CT molecular complexity index is 449. The zero-order valence-electron chi connectivity index (χ0n) is 12.6. The summed E-state index contributed by atoms with van der Waals surface area (Å²) in [6, 6.07) is 0. The number of nitrogens with one attached hydrogen (secondary N) is 1. The van der Waals surface area contributed by atoms with Crippen molar-refractivity contribution in [3.05, 3.63) is 18.0 Å². The van der Waals surface area contributed by atoms with E-state index in [4.69, 9.17) is 9.47 Å². The maximum atomic E-state index is 6.04. The van der Waals surface area contributed by atoms with Crippen molar-refractivity contribution in [1.82, 2.24) is 20.6 Å². The van der Waals surface area contributed by atoms with Gasteiger partial charge in [0.05, 0.1) is 18.8 Å². The lowest BCUT2D eigenvalue weighted by molar-refractivity contribution is 0.0684. The summed E-state index contributed by atoms with van der Waals surface area (Å²) in [5, 5.41) is 13.9. The minimum absolute atomic E-state index is 0.437. The van der Waals surface area contributed by atoms with Crippen LogP contribution in [0, 0.1) is 11.8 Å². The lowest BCUT2D eigenvalue weighted by atomic mass is 9.78. The van der Waals surface area contributed by atoms with Crippen molar-refractivity contribution in [2.45, 2.75) is 50.7 Å². The van der Waals surface area contributed by atoms with E-state index < -0.39 is 0 Å². The minimum atomic E-state index is 0.437. The van der Waals surface area contributed by atoms with Gasteiger partial charge in [-0.1, -0.05) is 17.4 Å². The van der Waals surface area contributed by atoms with Gasteiger partial charge in [-0.15, -0.1) is 10.2 Å². The Morgan fingerprint density at radius 1 is 1.29 bits per heavy atom. The second kappa shape index (κ2) is 7.13. The number of tetrazole rings is 1. The van der Waals surface area contributed by atoms with Crippen LogP contribution in [0.4, 0.5) is 0 Å². The minimum Gasteiger partial charge on any atom is -0.384 e. The first-order valence-corrected chi connectivity index (χ1v) is 7.90. The van der Waals surface area contributed by atoms with Crippen LogP contribution < -0.4 is 0 Å². The average Bonchev–Trinajstić information content (AvgIpc) is 3.21. The fourth-order valence-corrected chi connectivity index (χ4v) is 3.66. The topological polar surface area (TPSA) is 72.9 Å². The first-order valence-electron chi connectivity index (χ1n) is 7.90. The predicted molar refractivity (Wildman–Crippen MR) is 77.6 cm³/mol. The quantitative estimate of drug-likeness (QED) is 0.585. The summed E-state index contributed by atoms with van der Waals surface area (Å²) in [5.74, 6) is 2.01. The van der Waals surface area contributed by atoms with Crippen molar-refractivity contribution in [3.8, 4) is 0 Å². The Morgan fingerprint density at radius 2 is 2.14 bits per heavy atom. The molecular formula is C15H24N4O2. The molecule has 0 radical (unpaired) electrons. The van der Waals surface area contributed by atoms with Gasteiger partial charge in [0.25, 0.3) is 0 Å². The maximum Gasteiger partial charge on any atom is 0.174 e. The van der Waals surface area contributed by atoms with Gasteiger partial charge in [0.2, 0.25) is 0 Å². The summed E-state index contributed by atoms with van der Waals surface area (Å²) in [5.41, 5.74) is 0. The van der Waals surface area contributed by atoms with E-state index in [1.807, 2.05) is 0 Å². The van der Waals surface area contributed by atoms with E-state index in [-0.39, 0.29) is 0 Å². The highest BCUT2D eigenvalue weighted by Crippen LogP contribution is 2.45. The van der Waals surface area contributed by atoms with E-state index in [2.05, 4.69) is 32.8 Å². The second-order valence-electron chi connectivity index (χ2n) is 6.00. The van der Waals surface area contributed by atoms with Crippen LogP contribution in [0.1, 0.15) is 37.9 Å². The smallest absolute Gasteiger partial charge is 0.174 e. The largest absolute Gasteiger partial charge is 0.384 e. The molecule has 3 rings (SSSR count). The van der Waals surface area contributed by atoms with E-state index in [9.17, 15) is 0 Å². The van der Waals surface area contributed by atoms with Crippen LogP contribution in [0.5, 0.6) is 0 Å². The van der Waals surface area contributed by atoms with Crippen LogP contribution in [0.25, 0.3) is 0 Å². The van der Waals surface area contributed by atoms with Crippen LogP contribution in [0.15, 0.2) is 12.2 Å². The third-order valence-electron chi connectivity index (χ3n) is 4.68. The molecule has 1 N–H and O–H groups in total. The molecule has 2 aliphatic rings. The number of unbranched alkanes of at least 4 members (excludes halogenated alkanes) is 1. The fourth-order valence-electron chi connectivity index (χ4n) is 3.66. The van der Waals surface area contributed by atoms with Crippen LogP contribution in [0.2, 0.25) is 0 Å². The fraction of sp³-hybridized carbons (Fsp3) is 0.800. The molecule has 0 unspecified atom stereocenters. The molecule has 2 bridgehead atoms. The Labute approximate surface area is 125 Å². The Balaban J connectivity index is 1.38. The predicted octanol–water partition coefficient (Wildman–Crippen LogP) is 1.91. The molecule has 0 aliphatic carbocycles. The maximum absolute atomic E-state index is 6.04. The molecule has 0 aromatic carbocycles. The zero-order valence-corrected chi connectivity index (χ0v) is 12.6. The molecular weight excluding hydrogens is 268 g/mol. The number of hydrogen-bond acceptors (Lipinski definition) is 5. The standard InChI is InChI=1S/C15H24N4O2/c1-20-10-12-11(13-8-9-14(12)21-13)6-4-2-3-5-7-15-16-18-19-17-15/h2,4,11-14H,3,5-10H2,1H3,(H,16,17,18,19)/t11-,12+,13-,14+/m0/s1. The van der Waals surface area contributed by atoms with Gasteiger partial charge in [-0.25, -0.2) is 0 Å². The first kappa shape index (κ1) is 14.7. The van der Waals surface area contributed by atoms with Crippen LogP contribution in [0.3, 0.4) is 0 Å². The summed E-state index contributed by atoms with van der Waals surface area (Å²) in [4.78, 5) is 0. The highest BCUT2D eigenvalue weighted by molar-refractivity contribution is 4.99. The molecule has 4 atom stereocenters. The summed E-state index contributed by atoms with van der Waals surface area (Å²) in [6.45, 7) is 0.831. The zero-order chi connectivity index (χ0) is 14.5. The molecule has 1 aromatic heterocycles. The molecule has 0 saturated carbocycles. The molecule has 116 valence electrons. The van der Waals surface area contributed by atoms with Crippen molar-refractivity contribution in [2.75, 3.05) is 13.7 Å². The molecule has 0 spiro atoms. The van der Waals surface area contributed by atoms with E-state index in [0.29, 0.717) is 24.0 Å². The number of aromatic amines is 1. The van der Waals surface area contributed by atoms with E-state index in [1.54, 1.807) is 7.11 Å². The number of methoxy groups -OCH3 is 1. The second-order valence-corrected chi connectivity index (χ2v) is 6.00. The van der Waals surface area contributed by atoms with Crippen molar-refractivity contribution in [2.24, 2.45) is 11.8 Å². The highest BCUT2D eigenvalue weighted by atomic mass is 16.5. The number of aryl methyl sites for hydroxylation is 1. The molecule has 0 amide bonds. The van der Waals surface area contributed by atoms with Crippen LogP contribution in [-0.4, -0.2) is 46.5 Å². The number of hydrogen-bond donors (Lipinski definition) is 1. The van der Waals surface area contributed by atoms with Gasteiger partial charge in [-0.2, -0.15) is 5.21 Å². The molecule has 21 heavy (non-hydrogen) atoms. The monoisotopic (exact) mass is 292 g/mol. The summed E-state index contributed by atoms with van der Waals surface area (Å²) in [7, 11) is 1.79. The van der Waals surface area contributed by atoms with Gasteiger partial charge in [0, 0.05) is 19.4 Å². The Morgan fingerprint density at radius 3 is 2.90 bits per heavy atom. The number of H-pyrrole nitrogens is 1. The van der Waals surface area contributed by atoms with Gasteiger partial charge in [0.15, 0.2) is 5.82 Å². The van der Waals surface area contributed by atoms with Crippen LogP contribution >= 0.6 is 0 Å². The Kier molecular flexibility index (Phi) is 4.98. The van der Waals surface area contributed by atoms with Gasteiger partial charge in [-0.05, 0) is 38.0 Å². The van der Waals surface area contributed by atoms with Gasteiger partial charge in [0.1, 0.15) is 0 Å². The van der Waals surface area contributed by atoms with Gasteiger partial charge >= 0.3 is 0 Å². The normalized spacial score (nSPS) is 31.5. The van der Waals surface area contributed by atoms with E-state index in [1.165, 1.54) is 12.8 Å². The van der Waals surface area contributed by atoms with Crippen molar-refractivity contribution in [3.63, 3.8) is 0 Å². The summed E-state index contributed by atoms with van der Waals surface area (Å²) < 4.78 is 11.4. The van der Waals surface area contributed by atoms with Crippen molar-refractivity contribution in [1.29, 1.82) is 0 Å². The first-order chi connectivity index (χ1) is 10.4. The molecule has 2 fully saturated rings. The summed E-state index contributed by atoms with van der Waals surface area (Å²) in [6.07, 6.45) is 12.0. The van der Waals surface area contributed by atoms with Gasteiger partial charge in [-0.3, -0.25) is 0 Å². The molecule has 2 saturated heterocycles. The highest BCUT2D eigenvalue weighted by Gasteiger charge is 2.47. The molecule has 3 heterocycles. The SMILES string of the molecule is COC[C@@H]1[C@H](CC=CCCCc2nn[nH]n2)[C@@H]2CC[C@H]1O2.